The van der Waals surface area contributed by atoms with E-state index in [4.69, 9.17) is 0 Å². The zero-order chi connectivity index (χ0) is 13.5. The summed E-state index contributed by atoms with van der Waals surface area (Å²) < 4.78 is 26.8. The summed E-state index contributed by atoms with van der Waals surface area (Å²) in [6, 6.07) is 7.29. The maximum Gasteiger partial charge on any atom is 0.243 e. The molecular formula is C14H20N2O2S. The molecule has 0 spiro atoms. The fourth-order valence-electron chi connectivity index (χ4n) is 3.05. The molecule has 4 nitrogen and oxygen atoms in total. The molecule has 1 aromatic rings. The predicted octanol–water partition coefficient (Wildman–Crippen LogP) is 1.09. The van der Waals surface area contributed by atoms with Crippen LogP contribution in [0.1, 0.15) is 12.5 Å². The minimum Gasteiger partial charge on any atom is -0.316 e. The minimum absolute atomic E-state index is 0.428. The lowest BCUT2D eigenvalue weighted by Gasteiger charge is -2.17. The zero-order valence-corrected chi connectivity index (χ0v) is 12.0. The number of nitrogens with one attached hydrogen (secondary N) is 1. The van der Waals surface area contributed by atoms with E-state index in [0.717, 1.165) is 19.5 Å². The van der Waals surface area contributed by atoms with E-state index < -0.39 is 10.0 Å². The summed E-state index contributed by atoms with van der Waals surface area (Å²) in [7, 11) is -3.30. The molecule has 1 aromatic carbocycles. The van der Waals surface area contributed by atoms with Gasteiger partial charge in [0.2, 0.25) is 10.0 Å². The van der Waals surface area contributed by atoms with Gasteiger partial charge in [0.15, 0.2) is 0 Å². The number of nitrogens with zero attached hydrogens (tertiary/aromatic N) is 1. The number of hydrogen-bond acceptors (Lipinski definition) is 3. The molecule has 0 aliphatic carbocycles. The SMILES string of the molecule is CCc1ccc(S(=O)(=O)N2C[C@H]3CNC[C@H]3C2)cc1. The lowest BCUT2D eigenvalue weighted by Crippen LogP contribution is -2.31. The number of benzene rings is 1. The van der Waals surface area contributed by atoms with E-state index in [0.29, 0.717) is 29.8 Å². The minimum atomic E-state index is -3.30. The molecular weight excluding hydrogens is 260 g/mol. The first-order valence-electron chi connectivity index (χ1n) is 6.91. The van der Waals surface area contributed by atoms with E-state index in [2.05, 4.69) is 12.2 Å². The normalized spacial score (nSPS) is 27.6. The summed E-state index contributed by atoms with van der Waals surface area (Å²) in [6.45, 7) is 5.29. The molecule has 2 aliphatic rings. The molecule has 2 atom stereocenters. The number of fused-ring (bicyclic) bond motifs is 1. The first-order valence-corrected chi connectivity index (χ1v) is 8.35. The van der Waals surface area contributed by atoms with Gasteiger partial charge in [-0.1, -0.05) is 19.1 Å². The van der Waals surface area contributed by atoms with Crippen LogP contribution in [0.25, 0.3) is 0 Å². The van der Waals surface area contributed by atoms with Gasteiger partial charge in [-0.3, -0.25) is 0 Å². The number of aryl methyl sites for hydroxylation is 1. The monoisotopic (exact) mass is 280 g/mol. The zero-order valence-electron chi connectivity index (χ0n) is 11.2. The highest BCUT2D eigenvalue weighted by Crippen LogP contribution is 2.30. The third-order valence-corrected chi connectivity index (χ3v) is 6.17. The first kappa shape index (κ1) is 13.1. The van der Waals surface area contributed by atoms with Crippen molar-refractivity contribution in [2.24, 2.45) is 11.8 Å². The van der Waals surface area contributed by atoms with Crippen molar-refractivity contribution in [1.29, 1.82) is 0 Å². The molecule has 3 rings (SSSR count). The highest BCUT2D eigenvalue weighted by atomic mass is 32.2. The van der Waals surface area contributed by atoms with Crippen LogP contribution in [0.2, 0.25) is 0 Å². The molecule has 104 valence electrons. The number of sulfonamides is 1. The van der Waals surface area contributed by atoms with Crippen LogP contribution in [-0.4, -0.2) is 38.9 Å². The second-order valence-electron chi connectivity index (χ2n) is 5.50. The topological polar surface area (TPSA) is 49.4 Å². The van der Waals surface area contributed by atoms with Crippen molar-refractivity contribution in [3.05, 3.63) is 29.8 Å². The predicted molar refractivity (Wildman–Crippen MR) is 74.4 cm³/mol. The van der Waals surface area contributed by atoms with Crippen molar-refractivity contribution >= 4 is 10.0 Å². The Bertz CT molecular complexity index is 541. The van der Waals surface area contributed by atoms with Crippen LogP contribution in [0.4, 0.5) is 0 Å². The lowest BCUT2D eigenvalue weighted by atomic mass is 10.0. The van der Waals surface area contributed by atoms with Crippen LogP contribution in [0.15, 0.2) is 29.2 Å². The van der Waals surface area contributed by atoms with Crippen molar-refractivity contribution in [3.63, 3.8) is 0 Å². The van der Waals surface area contributed by atoms with Crippen LogP contribution in [-0.2, 0) is 16.4 Å². The summed E-state index contributed by atoms with van der Waals surface area (Å²) >= 11 is 0. The molecule has 19 heavy (non-hydrogen) atoms. The van der Waals surface area contributed by atoms with E-state index in [-0.39, 0.29) is 0 Å². The van der Waals surface area contributed by atoms with Crippen LogP contribution in [0.5, 0.6) is 0 Å². The van der Waals surface area contributed by atoms with Crippen LogP contribution >= 0.6 is 0 Å². The van der Waals surface area contributed by atoms with E-state index in [1.54, 1.807) is 16.4 Å². The quantitative estimate of drug-likeness (QED) is 0.901. The Kier molecular flexibility index (Phi) is 3.37. The Labute approximate surface area is 114 Å². The standard InChI is InChI=1S/C14H20N2O2S/c1-2-11-3-5-14(6-4-11)19(17,18)16-9-12-7-15-8-13(12)10-16/h3-6,12-13,15H,2,7-10H2,1H3/t12-,13+. The summed E-state index contributed by atoms with van der Waals surface area (Å²) in [5.41, 5.74) is 1.17. The maximum absolute atomic E-state index is 12.6. The Morgan fingerprint density at radius 1 is 1.16 bits per heavy atom. The molecule has 1 N–H and O–H groups in total. The maximum atomic E-state index is 12.6. The third kappa shape index (κ3) is 2.30. The highest BCUT2D eigenvalue weighted by molar-refractivity contribution is 7.89. The molecule has 2 heterocycles. The fraction of sp³-hybridized carbons (Fsp3) is 0.571. The van der Waals surface area contributed by atoms with E-state index in [1.807, 2.05) is 12.1 Å². The fourth-order valence-corrected chi connectivity index (χ4v) is 4.61. The summed E-state index contributed by atoms with van der Waals surface area (Å²) in [5.74, 6) is 0.981. The Morgan fingerprint density at radius 2 is 1.74 bits per heavy atom. The van der Waals surface area contributed by atoms with Crippen molar-refractivity contribution in [2.75, 3.05) is 26.2 Å². The van der Waals surface area contributed by atoms with Gasteiger partial charge in [-0.2, -0.15) is 4.31 Å². The first-order chi connectivity index (χ1) is 9.11. The second kappa shape index (κ2) is 4.89. The molecule has 0 aromatic heterocycles. The van der Waals surface area contributed by atoms with Crippen molar-refractivity contribution in [2.45, 2.75) is 18.2 Å². The van der Waals surface area contributed by atoms with Gasteiger partial charge < -0.3 is 5.32 Å². The van der Waals surface area contributed by atoms with Crippen molar-refractivity contribution in [1.82, 2.24) is 9.62 Å². The second-order valence-corrected chi connectivity index (χ2v) is 7.44. The van der Waals surface area contributed by atoms with Gasteiger partial charge in [0.05, 0.1) is 4.90 Å². The average Bonchev–Trinajstić information content (AvgIpc) is 2.99. The third-order valence-electron chi connectivity index (χ3n) is 4.33. The summed E-state index contributed by atoms with van der Waals surface area (Å²) in [5, 5.41) is 3.33. The Hall–Kier alpha value is -0.910. The van der Waals surface area contributed by atoms with Crippen LogP contribution in [0.3, 0.4) is 0 Å². The molecule has 0 saturated carbocycles. The summed E-state index contributed by atoms with van der Waals surface area (Å²) in [4.78, 5) is 0.428. The van der Waals surface area contributed by atoms with Gasteiger partial charge >= 0.3 is 0 Å². The molecule has 0 amide bonds. The van der Waals surface area contributed by atoms with Gasteiger partial charge in [0, 0.05) is 13.1 Å². The highest BCUT2D eigenvalue weighted by Gasteiger charge is 2.41. The van der Waals surface area contributed by atoms with Gasteiger partial charge in [0.25, 0.3) is 0 Å². The van der Waals surface area contributed by atoms with Crippen LogP contribution < -0.4 is 5.32 Å². The lowest BCUT2D eigenvalue weighted by molar-refractivity contribution is 0.448. The largest absolute Gasteiger partial charge is 0.316 e. The molecule has 2 fully saturated rings. The summed E-state index contributed by atoms with van der Waals surface area (Å²) in [6.07, 6.45) is 0.930. The molecule has 2 aliphatic heterocycles. The molecule has 5 heteroatoms. The average molecular weight is 280 g/mol. The molecule has 0 unspecified atom stereocenters. The van der Waals surface area contributed by atoms with Gasteiger partial charge in [-0.05, 0) is 49.0 Å². The molecule has 2 saturated heterocycles. The van der Waals surface area contributed by atoms with Crippen molar-refractivity contribution in [3.8, 4) is 0 Å². The van der Waals surface area contributed by atoms with Crippen molar-refractivity contribution < 1.29 is 8.42 Å². The van der Waals surface area contributed by atoms with E-state index >= 15 is 0 Å². The number of rotatable bonds is 3. The van der Waals surface area contributed by atoms with Gasteiger partial charge in [0.1, 0.15) is 0 Å². The van der Waals surface area contributed by atoms with E-state index in [1.165, 1.54) is 5.56 Å². The van der Waals surface area contributed by atoms with Crippen LogP contribution in [0, 0.1) is 11.8 Å². The smallest absolute Gasteiger partial charge is 0.243 e. The van der Waals surface area contributed by atoms with E-state index in [9.17, 15) is 8.42 Å². The van der Waals surface area contributed by atoms with Gasteiger partial charge in [-0.15, -0.1) is 0 Å². The Morgan fingerprint density at radius 3 is 2.26 bits per heavy atom. The molecule has 0 radical (unpaired) electrons. The molecule has 0 bridgehead atoms. The number of hydrogen-bond donors (Lipinski definition) is 1. The Balaban J connectivity index is 1.82. The van der Waals surface area contributed by atoms with Gasteiger partial charge in [-0.25, -0.2) is 8.42 Å².